The zero-order valence-corrected chi connectivity index (χ0v) is 7.85. The topological polar surface area (TPSA) is 9.23 Å². The molecule has 0 aliphatic heterocycles. The van der Waals surface area contributed by atoms with Gasteiger partial charge in [0.15, 0.2) is 0 Å². The van der Waals surface area contributed by atoms with Crippen molar-refractivity contribution in [2.45, 2.75) is 13.8 Å². The van der Waals surface area contributed by atoms with Crippen LogP contribution in [0.25, 0.3) is 5.76 Å². The summed E-state index contributed by atoms with van der Waals surface area (Å²) >= 11 is 0. The van der Waals surface area contributed by atoms with Gasteiger partial charge in [-0.15, -0.1) is 0 Å². The fraction of sp³-hybridized carbons (Fsp3) is 0.273. The number of rotatable bonds is 2. The van der Waals surface area contributed by atoms with Crippen molar-refractivity contribution in [2.24, 2.45) is 0 Å². The Morgan fingerprint density at radius 1 is 1.33 bits per heavy atom. The number of aryl methyl sites for hydroxylation is 2. The second-order valence-corrected chi connectivity index (χ2v) is 2.95. The highest BCUT2D eigenvalue weighted by Gasteiger charge is 2.01. The zero-order valence-electron chi connectivity index (χ0n) is 7.85. The highest BCUT2D eigenvalue weighted by atomic mass is 16.5. The fourth-order valence-corrected chi connectivity index (χ4v) is 1.15. The Hall–Kier alpha value is -1.24. The van der Waals surface area contributed by atoms with Gasteiger partial charge in [0.05, 0.1) is 7.11 Å². The van der Waals surface area contributed by atoms with Gasteiger partial charge in [0.1, 0.15) is 5.76 Å². The van der Waals surface area contributed by atoms with Crippen LogP contribution in [0.5, 0.6) is 0 Å². The molecule has 0 fully saturated rings. The fourth-order valence-electron chi connectivity index (χ4n) is 1.15. The third-order valence-electron chi connectivity index (χ3n) is 1.94. The van der Waals surface area contributed by atoms with Crippen LogP contribution in [-0.4, -0.2) is 7.11 Å². The summed E-state index contributed by atoms with van der Waals surface area (Å²) in [5.74, 6) is 0.733. The van der Waals surface area contributed by atoms with Gasteiger partial charge in [-0.3, -0.25) is 0 Å². The summed E-state index contributed by atoms with van der Waals surface area (Å²) in [5, 5.41) is 0. The molecule has 1 heteroatoms. The lowest BCUT2D eigenvalue weighted by molar-refractivity contribution is 0.371. The molecule has 1 nitrogen and oxygen atoms in total. The van der Waals surface area contributed by atoms with E-state index in [0.29, 0.717) is 0 Å². The minimum atomic E-state index is 0.733. The highest BCUT2D eigenvalue weighted by Crippen LogP contribution is 2.18. The van der Waals surface area contributed by atoms with E-state index in [1.54, 1.807) is 7.11 Å². The molecule has 0 aliphatic carbocycles. The standard InChI is InChI=1S/C11H14O/c1-8-5-6-9(2)11(7-8)10(3)12-4/h5-7H,3H2,1-2,4H3. The molecule has 0 atom stereocenters. The number of ether oxygens (including phenoxy) is 1. The molecule has 0 heterocycles. The first-order valence-corrected chi connectivity index (χ1v) is 3.95. The van der Waals surface area contributed by atoms with Crippen LogP contribution in [0.15, 0.2) is 24.8 Å². The van der Waals surface area contributed by atoms with Gasteiger partial charge in [-0.05, 0) is 25.5 Å². The summed E-state index contributed by atoms with van der Waals surface area (Å²) in [6.45, 7) is 7.94. The van der Waals surface area contributed by atoms with Crippen molar-refractivity contribution >= 4 is 5.76 Å². The Kier molecular flexibility index (Phi) is 2.54. The third kappa shape index (κ3) is 1.67. The van der Waals surface area contributed by atoms with Gasteiger partial charge in [-0.1, -0.05) is 24.3 Å². The lowest BCUT2D eigenvalue weighted by Gasteiger charge is -2.08. The molecule has 0 radical (unpaired) electrons. The number of methoxy groups -OCH3 is 1. The first-order chi connectivity index (χ1) is 5.65. The van der Waals surface area contributed by atoms with E-state index >= 15 is 0 Å². The third-order valence-corrected chi connectivity index (χ3v) is 1.94. The van der Waals surface area contributed by atoms with Crippen molar-refractivity contribution in [2.75, 3.05) is 7.11 Å². The molecule has 64 valence electrons. The van der Waals surface area contributed by atoms with Crippen LogP contribution in [0.1, 0.15) is 16.7 Å². The van der Waals surface area contributed by atoms with Crippen LogP contribution in [-0.2, 0) is 4.74 Å². The van der Waals surface area contributed by atoms with E-state index in [2.05, 4.69) is 38.6 Å². The molecular weight excluding hydrogens is 148 g/mol. The van der Waals surface area contributed by atoms with E-state index in [0.717, 1.165) is 11.3 Å². The molecule has 12 heavy (non-hydrogen) atoms. The monoisotopic (exact) mass is 162 g/mol. The van der Waals surface area contributed by atoms with Crippen molar-refractivity contribution in [1.82, 2.24) is 0 Å². The molecule has 0 aromatic heterocycles. The average Bonchev–Trinajstić information content (AvgIpc) is 2.08. The Morgan fingerprint density at radius 2 is 2.00 bits per heavy atom. The van der Waals surface area contributed by atoms with E-state index in [1.807, 2.05) is 0 Å². The number of hydrogen-bond donors (Lipinski definition) is 0. The predicted octanol–water partition coefficient (Wildman–Crippen LogP) is 2.92. The predicted molar refractivity (Wildman–Crippen MR) is 52.0 cm³/mol. The maximum absolute atomic E-state index is 5.08. The van der Waals surface area contributed by atoms with Crippen molar-refractivity contribution in [1.29, 1.82) is 0 Å². The van der Waals surface area contributed by atoms with E-state index < -0.39 is 0 Å². The lowest BCUT2D eigenvalue weighted by atomic mass is 10.0. The quantitative estimate of drug-likeness (QED) is 0.607. The highest BCUT2D eigenvalue weighted by molar-refractivity contribution is 5.61. The first kappa shape index (κ1) is 8.85. The molecule has 0 unspecified atom stereocenters. The van der Waals surface area contributed by atoms with Gasteiger partial charge < -0.3 is 4.74 Å². The largest absolute Gasteiger partial charge is 0.497 e. The minimum Gasteiger partial charge on any atom is -0.497 e. The van der Waals surface area contributed by atoms with Gasteiger partial charge in [-0.2, -0.15) is 0 Å². The Labute approximate surface area is 73.7 Å². The van der Waals surface area contributed by atoms with Crippen LogP contribution in [0.3, 0.4) is 0 Å². The van der Waals surface area contributed by atoms with Crippen molar-refractivity contribution in [3.05, 3.63) is 41.5 Å². The zero-order chi connectivity index (χ0) is 9.14. The molecule has 1 aromatic carbocycles. The lowest BCUT2D eigenvalue weighted by Crippen LogP contribution is -1.90. The van der Waals surface area contributed by atoms with E-state index in [4.69, 9.17) is 4.74 Å². The summed E-state index contributed by atoms with van der Waals surface area (Å²) in [4.78, 5) is 0. The van der Waals surface area contributed by atoms with Crippen LogP contribution in [0, 0.1) is 13.8 Å². The SMILES string of the molecule is C=C(OC)c1cc(C)ccc1C. The van der Waals surface area contributed by atoms with Gasteiger partial charge in [0.2, 0.25) is 0 Å². The average molecular weight is 162 g/mol. The van der Waals surface area contributed by atoms with Gasteiger partial charge in [0.25, 0.3) is 0 Å². The normalized spacial score (nSPS) is 9.58. The molecule has 1 rings (SSSR count). The van der Waals surface area contributed by atoms with Gasteiger partial charge in [0, 0.05) is 5.56 Å². The summed E-state index contributed by atoms with van der Waals surface area (Å²) in [6, 6.07) is 6.25. The number of hydrogen-bond acceptors (Lipinski definition) is 1. The van der Waals surface area contributed by atoms with Gasteiger partial charge >= 0.3 is 0 Å². The maximum Gasteiger partial charge on any atom is 0.119 e. The van der Waals surface area contributed by atoms with Crippen molar-refractivity contribution in [3.63, 3.8) is 0 Å². The van der Waals surface area contributed by atoms with Crippen LogP contribution in [0.4, 0.5) is 0 Å². The van der Waals surface area contributed by atoms with E-state index in [1.165, 1.54) is 11.1 Å². The first-order valence-electron chi connectivity index (χ1n) is 3.95. The molecule has 0 bridgehead atoms. The molecule has 0 amide bonds. The molecule has 0 aliphatic rings. The molecule has 1 aromatic rings. The molecule has 0 spiro atoms. The summed E-state index contributed by atoms with van der Waals surface area (Å²) in [7, 11) is 1.64. The van der Waals surface area contributed by atoms with Crippen molar-refractivity contribution in [3.8, 4) is 0 Å². The van der Waals surface area contributed by atoms with E-state index in [-0.39, 0.29) is 0 Å². The second-order valence-electron chi connectivity index (χ2n) is 2.95. The summed E-state index contributed by atoms with van der Waals surface area (Å²) in [6.07, 6.45) is 0. The molecule has 0 N–H and O–H groups in total. The van der Waals surface area contributed by atoms with Crippen LogP contribution >= 0.6 is 0 Å². The molecule has 0 saturated carbocycles. The smallest absolute Gasteiger partial charge is 0.119 e. The summed E-state index contributed by atoms with van der Waals surface area (Å²) < 4.78 is 5.08. The number of benzene rings is 1. The van der Waals surface area contributed by atoms with Crippen LogP contribution in [0.2, 0.25) is 0 Å². The summed E-state index contributed by atoms with van der Waals surface area (Å²) in [5.41, 5.74) is 3.53. The Balaban J connectivity index is 3.13. The minimum absolute atomic E-state index is 0.733. The Morgan fingerprint density at radius 3 is 2.58 bits per heavy atom. The van der Waals surface area contributed by atoms with Crippen LogP contribution < -0.4 is 0 Å². The molecule has 0 saturated heterocycles. The maximum atomic E-state index is 5.08. The van der Waals surface area contributed by atoms with E-state index in [9.17, 15) is 0 Å². The molecular formula is C11H14O. The van der Waals surface area contributed by atoms with Gasteiger partial charge in [-0.25, -0.2) is 0 Å². The second kappa shape index (κ2) is 3.44. The van der Waals surface area contributed by atoms with Crippen molar-refractivity contribution < 1.29 is 4.74 Å². The Bertz CT molecular complexity index is 300.